The number of amides is 2. The Kier molecular flexibility index (Phi) is 7.06. The van der Waals surface area contributed by atoms with Crippen LogP contribution in [0.2, 0.25) is 0 Å². The van der Waals surface area contributed by atoms with Gasteiger partial charge in [0.15, 0.2) is 0 Å². The Bertz CT molecular complexity index is 1140. The molecule has 0 radical (unpaired) electrons. The maximum absolute atomic E-state index is 12.7. The second kappa shape index (κ2) is 9.54. The van der Waals surface area contributed by atoms with Gasteiger partial charge in [-0.15, -0.1) is 5.10 Å². The lowest BCUT2D eigenvalue weighted by molar-refractivity contribution is 0.251. The van der Waals surface area contributed by atoms with E-state index in [0.29, 0.717) is 42.9 Å². The van der Waals surface area contributed by atoms with Gasteiger partial charge in [-0.2, -0.15) is 4.31 Å². The highest BCUT2D eigenvalue weighted by molar-refractivity contribution is 9.10. The van der Waals surface area contributed by atoms with Crippen LogP contribution in [-0.4, -0.2) is 53.4 Å². The van der Waals surface area contributed by atoms with Crippen molar-refractivity contribution in [3.8, 4) is 0 Å². The fraction of sp³-hybridized carbons (Fsp3) is 0.316. The van der Waals surface area contributed by atoms with Crippen molar-refractivity contribution in [3.05, 3.63) is 46.9 Å². The molecule has 1 heterocycles. The monoisotopic (exact) mass is 494 g/mol. The lowest BCUT2D eigenvalue weighted by atomic mass is 10.3. The minimum Gasteiger partial charge on any atom is -0.336 e. The zero-order chi connectivity index (χ0) is 21.7. The Balaban J connectivity index is 1.64. The molecular weight excluding hydrogens is 472 g/mol. The van der Waals surface area contributed by atoms with E-state index >= 15 is 0 Å². The van der Waals surface area contributed by atoms with Gasteiger partial charge in [0.25, 0.3) is 0 Å². The Morgan fingerprint density at radius 3 is 2.63 bits per heavy atom. The van der Waals surface area contributed by atoms with Crippen molar-refractivity contribution in [3.63, 3.8) is 0 Å². The van der Waals surface area contributed by atoms with Gasteiger partial charge in [-0.3, -0.25) is 0 Å². The number of halogens is 1. The maximum Gasteiger partial charge on any atom is 0.319 e. The highest BCUT2D eigenvalue weighted by Crippen LogP contribution is 2.20. The van der Waals surface area contributed by atoms with Crippen LogP contribution in [-0.2, 0) is 16.6 Å². The van der Waals surface area contributed by atoms with E-state index in [2.05, 4.69) is 36.9 Å². The quantitative estimate of drug-likeness (QED) is 0.500. The van der Waals surface area contributed by atoms with E-state index in [1.807, 2.05) is 12.1 Å². The van der Waals surface area contributed by atoms with E-state index < -0.39 is 10.0 Å². The molecule has 2 aromatic carbocycles. The molecule has 30 heavy (non-hydrogen) atoms. The molecule has 3 rings (SSSR count). The second-order valence-electron chi connectivity index (χ2n) is 6.44. The molecule has 0 aliphatic rings. The van der Waals surface area contributed by atoms with Crippen molar-refractivity contribution in [2.75, 3.05) is 25.0 Å². The third kappa shape index (κ3) is 4.97. The van der Waals surface area contributed by atoms with Gasteiger partial charge in [-0.05, 0) is 36.4 Å². The van der Waals surface area contributed by atoms with Gasteiger partial charge in [0.1, 0.15) is 5.52 Å². The van der Waals surface area contributed by atoms with Gasteiger partial charge in [-0.25, -0.2) is 17.9 Å². The van der Waals surface area contributed by atoms with Gasteiger partial charge in [-0.1, -0.05) is 41.1 Å². The highest BCUT2D eigenvalue weighted by atomic mass is 79.9. The number of sulfonamides is 1. The number of carbonyl (C=O) groups is 1. The molecule has 0 bridgehead atoms. The largest absolute Gasteiger partial charge is 0.336 e. The lowest BCUT2D eigenvalue weighted by Crippen LogP contribution is -2.31. The Labute approximate surface area is 183 Å². The summed E-state index contributed by atoms with van der Waals surface area (Å²) in [7, 11) is -3.56. The molecule has 0 atom stereocenters. The number of benzene rings is 2. The van der Waals surface area contributed by atoms with Gasteiger partial charge < -0.3 is 10.6 Å². The third-order valence-electron chi connectivity index (χ3n) is 4.52. The number of aromatic nitrogens is 3. The number of urea groups is 1. The Morgan fingerprint density at radius 1 is 1.17 bits per heavy atom. The standard InChI is InChI=1S/C19H23BrN6O3S/c1-3-25(4-2)30(28,29)16-8-9-18-17(13-16)23-24-26(18)11-10-21-19(27)22-15-7-5-6-14(20)12-15/h5-9,12-13H,3-4,10-11H2,1-2H3,(H2,21,22,27). The second-order valence-corrected chi connectivity index (χ2v) is 9.30. The smallest absolute Gasteiger partial charge is 0.319 e. The SMILES string of the molecule is CCN(CC)S(=O)(=O)c1ccc2c(c1)nnn2CCNC(=O)Nc1cccc(Br)c1. The summed E-state index contributed by atoms with van der Waals surface area (Å²) in [4.78, 5) is 12.2. The van der Waals surface area contributed by atoms with Crippen LogP contribution in [0.4, 0.5) is 10.5 Å². The number of anilines is 1. The molecule has 1 aromatic heterocycles. The molecule has 0 aliphatic carbocycles. The minimum atomic E-state index is -3.56. The van der Waals surface area contributed by atoms with Crippen LogP contribution in [0.5, 0.6) is 0 Å². The fourth-order valence-corrected chi connectivity index (χ4v) is 4.88. The summed E-state index contributed by atoms with van der Waals surface area (Å²) in [5.74, 6) is 0. The van der Waals surface area contributed by atoms with Crippen LogP contribution in [0, 0.1) is 0 Å². The van der Waals surface area contributed by atoms with Gasteiger partial charge in [0.2, 0.25) is 10.0 Å². The predicted octanol–water partition coefficient (Wildman–Crippen LogP) is 3.05. The van der Waals surface area contributed by atoms with E-state index in [1.165, 1.54) is 10.4 Å². The van der Waals surface area contributed by atoms with Crippen LogP contribution >= 0.6 is 15.9 Å². The van der Waals surface area contributed by atoms with E-state index in [9.17, 15) is 13.2 Å². The molecule has 0 unspecified atom stereocenters. The van der Waals surface area contributed by atoms with Crippen LogP contribution in [0.25, 0.3) is 11.0 Å². The molecule has 0 saturated carbocycles. The molecule has 0 fully saturated rings. The number of hydrogen-bond acceptors (Lipinski definition) is 5. The summed E-state index contributed by atoms with van der Waals surface area (Å²) in [6, 6.07) is 11.7. The number of nitrogens with zero attached hydrogens (tertiary/aromatic N) is 4. The fourth-order valence-electron chi connectivity index (χ4n) is 3.01. The summed E-state index contributed by atoms with van der Waals surface area (Å²) >= 11 is 3.36. The Hall–Kier alpha value is -2.50. The molecule has 11 heteroatoms. The number of rotatable bonds is 8. The van der Waals surface area contributed by atoms with Crippen molar-refractivity contribution in [2.45, 2.75) is 25.3 Å². The van der Waals surface area contributed by atoms with E-state index in [4.69, 9.17) is 0 Å². The van der Waals surface area contributed by atoms with Crippen molar-refractivity contribution in [1.29, 1.82) is 0 Å². The summed E-state index contributed by atoms with van der Waals surface area (Å²) in [5, 5.41) is 13.7. The van der Waals surface area contributed by atoms with Crippen molar-refractivity contribution in [2.24, 2.45) is 0 Å². The lowest BCUT2D eigenvalue weighted by Gasteiger charge is -2.18. The first-order valence-electron chi connectivity index (χ1n) is 9.49. The van der Waals surface area contributed by atoms with E-state index in [-0.39, 0.29) is 10.9 Å². The van der Waals surface area contributed by atoms with Crippen LogP contribution in [0.1, 0.15) is 13.8 Å². The maximum atomic E-state index is 12.7. The number of fused-ring (bicyclic) bond motifs is 1. The molecule has 2 amide bonds. The number of nitrogens with one attached hydrogen (secondary N) is 2. The average Bonchev–Trinajstić information content (AvgIpc) is 3.11. The summed E-state index contributed by atoms with van der Waals surface area (Å²) in [6.07, 6.45) is 0. The first kappa shape index (κ1) is 22.2. The van der Waals surface area contributed by atoms with Crippen LogP contribution < -0.4 is 10.6 Å². The van der Waals surface area contributed by atoms with Gasteiger partial charge in [0.05, 0.1) is 17.0 Å². The van der Waals surface area contributed by atoms with Crippen molar-refractivity contribution < 1.29 is 13.2 Å². The summed E-state index contributed by atoms with van der Waals surface area (Å²) in [5.41, 5.74) is 1.86. The summed E-state index contributed by atoms with van der Waals surface area (Å²) < 4.78 is 29.2. The zero-order valence-electron chi connectivity index (χ0n) is 16.7. The first-order chi connectivity index (χ1) is 14.3. The number of hydrogen-bond donors (Lipinski definition) is 2. The van der Waals surface area contributed by atoms with Gasteiger partial charge >= 0.3 is 6.03 Å². The normalized spacial score (nSPS) is 11.7. The molecule has 160 valence electrons. The Morgan fingerprint density at radius 2 is 1.93 bits per heavy atom. The molecule has 0 saturated heterocycles. The molecule has 9 nitrogen and oxygen atoms in total. The molecule has 2 N–H and O–H groups in total. The minimum absolute atomic E-state index is 0.192. The summed E-state index contributed by atoms with van der Waals surface area (Å²) in [6.45, 7) is 5.13. The predicted molar refractivity (Wildman–Crippen MR) is 119 cm³/mol. The van der Waals surface area contributed by atoms with E-state index in [0.717, 1.165) is 4.47 Å². The first-order valence-corrected chi connectivity index (χ1v) is 11.7. The van der Waals surface area contributed by atoms with E-state index in [1.54, 1.807) is 42.8 Å². The molecule has 3 aromatic rings. The molecule has 0 aliphatic heterocycles. The molecule has 0 spiro atoms. The average molecular weight is 495 g/mol. The number of carbonyl (C=O) groups excluding carboxylic acids is 1. The van der Waals surface area contributed by atoms with Gasteiger partial charge in [0, 0.05) is 29.8 Å². The topological polar surface area (TPSA) is 109 Å². The van der Waals surface area contributed by atoms with Crippen LogP contribution in [0.15, 0.2) is 51.8 Å². The third-order valence-corrected chi connectivity index (χ3v) is 7.06. The van der Waals surface area contributed by atoms with Crippen molar-refractivity contribution in [1.82, 2.24) is 24.6 Å². The molecular formula is C19H23BrN6O3S. The zero-order valence-corrected chi connectivity index (χ0v) is 19.1. The van der Waals surface area contributed by atoms with Crippen molar-refractivity contribution >= 4 is 48.7 Å². The highest BCUT2D eigenvalue weighted by Gasteiger charge is 2.22. The van der Waals surface area contributed by atoms with Crippen LogP contribution in [0.3, 0.4) is 0 Å².